The Morgan fingerprint density at radius 1 is 0.810 bits per heavy atom. The van der Waals surface area contributed by atoms with Gasteiger partial charge in [0.15, 0.2) is 13.2 Å². The molecule has 0 rings (SSSR count). The Balaban J connectivity index is -0.000000102. The topological polar surface area (TPSA) is 156 Å². The number of rotatable bonds is 4. The van der Waals surface area contributed by atoms with E-state index in [4.69, 9.17) is 30.1 Å². The maximum atomic E-state index is 11.5. The normalized spacial score (nSPS) is 8.29. The Labute approximate surface area is 119 Å². The molecule has 126 valence electrons. The lowest BCUT2D eigenvalue weighted by Crippen LogP contribution is -2.34. The van der Waals surface area contributed by atoms with Crippen LogP contribution >= 0.6 is 0 Å². The Morgan fingerprint density at radius 3 is 1.05 bits per heavy atom. The van der Waals surface area contributed by atoms with Crippen LogP contribution in [0.15, 0.2) is 0 Å². The fraction of sp³-hybridized carbons (Fsp3) is 1.00. The van der Waals surface area contributed by atoms with Crippen LogP contribution in [0.1, 0.15) is 13.8 Å². The molecular weight excluding hydrogens is 311 g/mol. The second kappa shape index (κ2) is 21.9. The van der Waals surface area contributed by atoms with Gasteiger partial charge in [-0.05, 0) is 0 Å². The lowest BCUT2D eigenvalue weighted by Gasteiger charge is -2.14. The van der Waals surface area contributed by atoms with Gasteiger partial charge in [0, 0.05) is 13.8 Å². The van der Waals surface area contributed by atoms with E-state index >= 15 is 0 Å². The average molecular weight is 327 g/mol. The molecule has 0 aromatic rings. The number of halogens is 4. The van der Waals surface area contributed by atoms with Gasteiger partial charge in [-0.2, -0.15) is 4.81 Å². The Bertz CT molecular complexity index is 155. The zero-order valence-electron chi connectivity index (χ0n) is 11.1. The summed E-state index contributed by atoms with van der Waals surface area (Å²) in [5, 5.41) is 51.4. The average Bonchev–Trinajstić information content (AvgIpc) is 2.23. The third-order valence-corrected chi connectivity index (χ3v) is 0.856. The zero-order chi connectivity index (χ0) is 18.0. The molecule has 0 fully saturated rings. The van der Waals surface area contributed by atoms with Gasteiger partial charge in [0.1, 0.15) is 0 Å². The van der Waals surface area contributed by atoms with E-state index in [0.717, 1.165) is 0 Å². The van der Waals surface area contributed by atoms with Gasteiger partial charge in [0.05, 0.1) is 0 Å². The molecule has 0 spiro atoms. The van der Waals surface area contributed by atoms with E-state index in [-0.39, 0.29) is 0 Å². The fourth-order valence-electron chi connectivity index (χ4n) is 0.447. The molecule has 0 aliphatic rings. The van der Waals surface area contributed by atoms with Gasteiger partial charge in [0.25, 0.3) is 0 Å². The summed E-state index contributed by atoms with van der Waals surface area (Å²) < 4.78 is 43.8. The van der Waals surface area contributed by atoms with E-state index in [1.807, 2.05) is 4.52 Å². The summed E-state index contributed by atoms with van der Waals surface area (Å²) >= 11 is 0. The molecule has 9 nitrogen and oxygen atoms in total. The molecule has 0 aliphatic heterocycles. The summed E-state index contributed by atoms with van der Waals surface area (Å²) in [5.41, 5.74) is 0. The molecule has 0 unspecified atom stereocenters. The van der Waals surface area contributed by atoms with Crippen molar-refractivity contribution in [1.82, 2.24) is 0 Å². The first-order valence-corrected chi connectivity index (χ1v) is 5.05. The van der Waals surface area contributed by atoms with Gasteiger partial charge in [0.2, 0.25) is 0 Å². The minimum Gasteiger partial charge on any atom is -0.822 e. The number of hydrogen-bond donors (Lipinski definition) is 6. The molecule has 0 aromatic heterocycles. The molecule has 21 heavy (non-hydrogen) atoms. The molecule has 0 aromatic carbocycles. The molecule has 0 radical (unpaired) electrons. The summed E-state index contributed by atoms with van der Waals surface area (Å²) in [7, 11) is -10.5. The molecule has 17 heteroatoms. The quantitative estimate of drug-likeness (QED) is 0.103. The van der Waals surface area contributed by atoms with Crippen LogP contribution in [0.2, 0.25) is 0 Å². The van der Waals surface area contributed by atoms with Gasteiger partial charge >= 0.3 is 29.6 Å². The smallest absolute Gasteiger partial charge is 0.674 e. The van der Waals surface area contributed by atoms with E-state index in [2.05, 4.69) is 4.81 Å². The van der Waals surface area contributed by atoms with Crippen LogP contribution < -0.4 is 5.02 Å². The Kier molecular flexibility index (Phi) is 30.0. The van der Waals surface area contributed by atoms with Crippen LogP contribution in [0, 0.1) is 0 Å². The van der Waals surface area contributed by atoms with Crippen molar-refractivity contribution in [3.63, 3.8) is 0 Å². The van der Waals surface area contributed by atoms with E-state index < -0.39 is 29.6 Å². The highest BCUT2D eigenvalue weighted by Gasteiger charge is 2.10. The van der Waals surface area contributed by atoms with Crippen molar-refractivity contribution in [2.24, 2.45) is 0 Å². The van der Waals surface area contributed by atoms with Gasteiger partial charge in [-0.25, -0.2) is 0 Å². The summed E-state index contributed by atoms with van der Waals surface area (Å²) in [6.07, 6.45) is 0. The predicted octanol–water partition coefficient (Wildman–Crippen LogP) is -3.40. The highest BCUT2D eigenvalue weighted by atomic mass is 19.1. The van der Waals surface area contributed by atoms with Gasteiger partial charge in [-0.3, -0.25) is 17.5 Å². The van der Waals surface area contributed by atoms with Gasteiger partial charge in [-0.1, -0.05) is 0 Å². The van der Waals surface area contributed by atoms with Crippen LogP contribution in [0.25, 0.3) is 0 Å². The number of hydrogen-bond acceptors (Lipinski definition) is 8. The predicted molar refractivity (Wildman–Crippen MR) is 64.0 cm³/mol. The first-order valence-electron chi connectivity index (χ1n) is 5.05. The first-order chi connectivity index (χ1) is 9.40. The van der Waals surface area contributed by atoms with Crippen LogP contribution in [-0.4, -0.2) is 72.9 Å². The highest BCUT2D eigenvalue weighted by Crippen LogP contribution is 1.96. The van der Waals surface area contributed by atoms with Crippen molar-refractivity contribution in [2.75, 3.05) is 13.2 Å². The minimum absolute atomic E-state index is 0.444. The maximum absolute atomic E-state index is 11.5. The van der Waals surface area contributed by atoms with Crippen LogP contribution in [0.4, 0.5) is 17.3 Å². The second-order valence-corrected chi connectivity index (χ2v) is 2.32. The van der Waals surface area contributed by atoms with Crippen molar-refractivity contribution in [3.8, 4) is 0 Å². The monoisotopic (exact) mass is 328 g/mol. The maximum Gasteiger partial charge on any atom is 0.674 e. The molecule has 6 N–H and O–H groups in total. The molecule has 0 aliphatic carbocycles. The largest absolute Gasteiger partial charge is 0.822 e. The molecule has 0 atom stereocenters. The van der Waals surface area contributed by atoms with E-state index in [9.17, 15) is 22.3 Å². The molecule has 0 saturated carbocycles. The lowest BCUT2D eigenvalue weighted by molar-refractivity contribution is -0.437. The summed E-state index contributed by atoms with van der Waals surface area (Å²) in [5.74, 6) is 0. The van der Waals surface area contributed by atoms with Crippen molar-refractivity contribution in [2.45, 2.75) is 13.8 Å². The standard InChI is InChI=1S/C4H10BFO3.3BFH2O2/c1-3-9(4-2)8-5(6)7;3*2-1(3)4/h3-4H2,1-2H3;3*3-4H. The van der Waals surface area contributed by atoms with Gasteiger partial charge in [-0.15, -0.1) is 0 Å². The fourth-order valence-corrected chi connectivity index (χ4v) is 0.447. The zero-order valence-corrected chi connectivity index (χ0v) is 11.1. The van der Waals surface area contributed by atoms with Crippen LogP contribution in [-0.2, 0) is 9.32 Å². The van der Waals surface area contributed by atoms with Crippen molar-refractivity contribution >= 4 is 29.6 Å². The van der Waals surface area contributed by atoms with Crippen LogP contribution in [0.5, 0.6) is 0 Å². The molecule has 0 amide bonds. The molecule has 0 bridgehead atoms. The molecule has 0 saturated heterocycles. The van der Waals surface area contributed by atoms with Crippen LogP contribution in [0.3, 0.4) is 0 Å². The minimum atomic E-state index is -2.67. The van der Waals surface area contributed by atoms with Gasteiger partial charge < -0.3 is 39.5 Å². The molecule has 0 heterocycles. The lowest BCUT2D eigenvalue weighted by atomic mass is 10.3. The second-order valence-electron chi connectivity index (χ2n) is 2.32. The summed E-state index contributed by atoms with van der Waals surface area (Å²) in [6.45, 7) is 4.38. The highest BCUT2D eigenvalue weighted by molar-refractivity contribution is 6.32. The van der Waals surface area contributed by atoms with E-state index in [1.54, 1.807) is 13.8 Å². The summed E-state index contributed by atoms with van der Waals surface area (Å²) in [6, 6.07) is 0. The molecular formula is C4H16B4F4O9. The Hall–Kier alpha value is -0.380. The SMILES string of the molecule is CC[O+](CC)OB([O-])F.OB(O)F.OB(O)F.OB(O)F. The van der Waals surface area contributed by atoms with E-state index in [1.165, 1.54) is 0 Å². The third-order valence-electron chi connectivity index (χ3n) is 0.856. The van der Waals surface area contributed by atoms with Crippen molar-refractivity contribution in [3.05, 3.63) is 0 Å². The summed E-state index contributed by atoms with van der Waals surface area (Å²) in [4.78, 5) is 4.08. The van der Waals surface area contributed by atoms with Crippen molar-refractivity contribution < 1.29 is 61.8 Å². The first kappa shape index (κ1) is 28.7. The van der Waals surface area contributed by atoms with E-state index in [0.29, 0.717) is 13.2 Å². The van der Waals surface area contributed by atoms with Crippen molar-refractivity contribution in [1.29, 1.82) is 0 Å². The Morgan fingerprint density at radius 2 is 1.00 bits per heavy atom. The third kappa shape index (κ3) is 105.